The standard InChI is InChI=1S/C17H14N4O2S2/c18-8-12-2-1-3-13(6-12)9-19-15(22)11-24-10-14-7-16(23)21-4-5-25-17(21)20-14/h1-7H,9-11H2,(H,19,22). The number of hydrogen-bond donors (Lipinski definition) is 1. The van der Waals surface area contributed by atoms with Gasteiger partial charge in [-0.1, -0.05) is 12.1 Å². The number of rotatable bonds is 6. The van der Waals surface area contributed by atoms with Crippen molar-refractivity contribution in [3.8, 4) is 6.07 Å². The molecule has 0 aliphatic heterocycles. The van der Waals surface area contributed by atoms with Gasteiger partial charge in [-0.05, 0) is 17.7 Å². The first-order valence-corrected chi connectivity index (χ1v) is 9.48. The van der Waals surface area contributed by atoms with E-state index in [0.29, 0.717) is 28.5 Å². The molecule has 3 aromatic rings. The molecule has 6 nitrogen and oxygen atoms in total. The van der Waals surface area contributed by atoms with Gasteiger partial charge in [0.25, 0.3) is 5.56 Å². The van der Waals surface area contributed by atoms with Gasteiger partial charge in [-0.15, -0.1) is 23.1 Å². The summed E-state index contributed by atoms with van der Waals surface area (Å²) in [6.07, 6.45) is 1.70. The summed E-state index contributed by atoms with van der Waals surface area (Å²) in [6, 6.07) is 10.7. The molecule has 0 atom stereocenters. The molecule has 3 rings (SSSR count). The van der Waals surface area contributed by atoms with Crippen molar-refractivity contribution in [1.82, 2.24) is 14.7 Å². The lowest BCUT2D eigenvalue weighted by molar-refractivity contribution is -0.118. The maximum absolute atomic E-state index is 11.9. The van der Waals surface area contributed by atoms with Crippen molar-refractivity contribution in [2.24, 2.45) is 0 Å². The molecular weight excluding hydrogens is 356 g/mol. The van der Waals surface area contributed by atoms with Gasteiger partial charge in [0.05, 0.1) is 23.1 Å². The molecule has 0 saturated heterocycles. The third-order valence-electron chi connectivity index (χ3n) is 3.39. The number of thioether (sulfide) groups is 1. The van der Waals surface area contributed by atoms with Crippen LogP contribution in [0.15, 0.2) is 46.7 Å². The van der Waals surface area contributed by atoms with E-state index in [-0.39, 0.29) is 17.2 Å². The van der Waals surface area contributed by atoms with E-state index >= 15 is 0 Å². The summed E-state index contributed by atoms with van der Waals surface area (Å²) in [5.74, 6) is 0.686. The maximum Gasteiger partial charge on any atom is 0.258 e. The molecule has 0 aliphatic carbocycles. The Bertz CT molecular complexity index is 1000. The predicted molar refractivity (Wildman–Crippen MR) is 98.5 cm³/mol. The van der Waals surface area contributed by atoms with E-state index in [0.717, 1.165) is 5.56 Å². The number of nitrogens with zero attached hydrogens (tertiary/aromatic N) is 3. The fourth-order valence-corrected chi connectivity index (χ4v) is 3.70. The molecule has 1 amide bonds. The zero-order valence-electron chi connectivity index (χ0n) is 13.1. The van der Waals surface area contributed by atoms with Gasteiger partial charge >= 0.3 is 0 Å². The first-order valence-electron chi connectivity index (χ1n) is 7.45. The summed E-state index contributed by atoms with van der Waals surface area (Å²) in [6.45, 7) is 0.385. The molecular formula is C17H14N4O2S2. The molecule has 0 aliphatic rings. The van der Waals surface area contributed by atoms with E-state index < -0.39 is 0 Å². The van der Waals surface area contributed by atoms with E-state index in [1.54, 1.807) is 24.4 Å². The molecule has 25 heavy (non-hydrogen) atoms. The summed E-state index contributed by atoms with van der Waals surface area (Å²) in [7, 11) is 0. The van der Waals surface area contributed by atoms with Gasteiger partial charge in [-0.3, -0.25) is 14.0 Å². The Labute approximate surface area is 152 Å². The highest BCUT2D eigenvalue weighted by atomic mass is 32.2. The number of fused-ring (bicyclic) bond motifs is 1. The highest BCUT2D eigenvalue weighted by Gasteiger charge is 2.06. The van der Waals surface area contributed by atoms with Crippen LogP contribution in [0.2, 0.25) is 0 Å². The second kappa shape index (κ2) is 7.96. The maximum atomic E-state index is 11.9. The van der Waals surface area contributed by atoms with Gasteiger partial charge in [-0.25, -0.2) is 4.98 Å². The summed E-state index contributed by atoms with van der Waals surface area (Å²) in [4.78, 5) is 28.9. The van der Waals surface area contributed by atoms with Crippen LogP contribution in [0.1, 0.15) is 16.8 Å². The summed E-state index contributed by atoms with van der Waals surface area (Å²) >= 11 is 2.81. The third kappa shape index (κ3) is 4.47. The SMILES string of the molecule is N#Cc1cccc(CNC(=O)CSCc2cc(=O)n3ccsc3n2)c1. The predicted octanol–water partition coefficient (Wildman–Crippen LogP) is 2.18. The van der Waals surface area contributed by atoms with E-state index in [4.69, 9.17) is 5.26 Å². The Morgan fingerprint density at radius 2 is 2.28 bits per heavy atom. The molecule has 126 valence electrons. The van der Waals surface area contributed by atoms with E-state index in [1.807, 2.05) is 11.4 Å². The minimum Gasteiger partial charge on any atom is -0.351 e. The minimum absolute atomic E-state index is 0.0960. The van der Waals surface area contributed by atoms with Crippen LogP contribution in [0.4, 0.5) is 0 Å². The smallest absolute Gasteiger partial charge is 0.258 e. The first-order chi connectivity index (χ1) is 12.2. The zero-order valence-corrected chi connectivity index (χ0v) is 14.8. The summed E-state index contributed by atoms with van der Waals surface area (Å²) in [5.41, 5.74) is 2.02. The molecule has 0 fully saturated rings. The second-order valence-corrected chi connectivity index (χ2v) is 7.08. The molecule has 1 N–H and O–H groups in total. The van der Waals surface area contributed by atoms with Gasteiger partial charge in [-0.2, -0.15) is 5.26 Å². The Hall–Kier alpha value is -2.63. The number of carbonyl (C=O) groups is 1. The molecule has 0 saturated carbocycles. The quantitative estimate of drug-likeness (QED) is 0.719. The minimum atomic E-state index is -0.108. The van der Waals surface area contributed by atoms with Crippen LogP contribution in [0.5, 0.6) is 0 Å². The van der Waals surface area contributed by atoms with Crippen LogP contribution >= 0.6 is 23.1 Å². The fourth-order valence-electron chi connectivity index (χ4n) is 2.21. The number of amides is 1. The van der Waals surface area contributed by atoms with Crippen molar-refractivity contribution in [2.75, 3.05) is 5.75 Å². The average Bonchev–Trinajstić information content (AvgIpc) is 3.09. The molecule has 2 aromatic heterocycles. The van der Waals surface area contributed by atoms with E-state index in [2.05, 4.69) is 16.4 Å². The van der Waals surface area contributed by atoms with Crippen molar-refractivity contribution < 1.29 is 4.79 Å². The van der Waals surface area contributed by atoms with Crippen LogP contribution in [-0.2, 0) is 17.1 Å². The lowest BCUT2D eigenvalue weighted by atomic mass is 10.1. The number of hydrogen-bond acceptors (Lipinski definition) is 6. The van der Waals surface area contributed by atoms with Crippen molar-refractivity contribution in [3.63, 3.8) is 0 Å². The van der Waals surface area contributed by atoms with Crippen molar-refractivity contribution >= 4 is 34.0 Å². The molecule has 2 heterocycles. The van der Waals surface area contributed by atoms with Crippen LogP contribution < -0.4 is 10.9 Å². The Balaban J connectivity index is 1.48. The third-order valence-corrected chi connectivity index (χ3v) is 5.11. The highest BCUT2D eigenvalue weighted by molar-refractivity contribution is 7.99. The number of nitriles is 1. The number of thiazole rings is 1. The van der Waals surface area contributed by atoms with Crippen molar-refractivity contribution in [2.45, 2.75) is 12.3 Å². The topological polar surface area (TPSA) is 87.3 Å². The van der Waals surface area contributed by atoms with Gasteiger partial charge in [0.15, 0.2) is 4.96 Å². The lowest BCUT2D eigenvalue weighted by Crippen LogP contribution is -2.24. The van der Waals surface area contributed by atoms with Crippen LogP contribution in [0.3, 0.4) is 0 Å². The monoisotopic (exact) mass is 370 g/mol. The highest BCUT2D eigenvalue weighted by Crippen LogP contribution is 2.12. The van der Waals surface area contributed by atoms with Crippen molar-refractivity contribution in [1.29, 1.82) is 5.26 Å². The largest absolute Gasteiger partial charge is 0.351 e. The summed E-state index contributed by atoms with van der Waals surface area (Å²) < 4.78 is 1.50. The number of aromatic nitrogens is 2. The normalized spacial score (nSPS) is 10.5. The van der Waals surface area contributed by atoms with Gasteiger partial charge in [0.2, 0.25) is 5.91 Å². The van der Waals surface area contributed by atoms with E-state index in [9.17, 15) is 9.59 Å². The van der Waals surface area contributed by atoms with E-state index in [1.165, 1.54) is 33.6 Å². The molecule has 0 radical (unpaired) electrons. The van der Waals surface area contributed by atoms with Crippen LogP contribution in [0.25, 0.3) is 4.96 Å². The van der Waals surface area contributed by atoms with Gasteiger partial charge < -0.3 is 5.32 Å². The second-order valence-electron chi connectivity index (χ2n) is 5.22. The van der Waals surface area contributed by atoms with Gasteiger partial charge in [0.1, 0.15) is 0 Å². The number of carbonyl (C=O) groups excluding carboxylic acids is 1. The molecule has 8 heteroatoms. The summed E-state index contributed by atoms with van der Waals surface area (Å²) in [5, 5.41) is 13.5. The molecule has 0 bridgehead atoms. The lowest BCUT2D eigenvalue weighted by Gasteiger charge is -2.06. The van der Waals surface area contributed by atoms with Crippen molar-refractivity contribution in [3.05, 3.63) is 69.1 Å². The Morgan fingerprint density at radius 1 is 1.40 bits per heavy atom. The van der Waals surface area contributed by atoms with Crippen LogP contribution in [0, 0.1) is 11.3 Å². The van der Waals surface area contributed by atoms with Crippen LogP contribution in [-0.4, -0.2) is 21.0 Å². The Morgan fingerprint density at radius 3 is 3.12 bits per heavy atom. The molecule has 1 aromatic carbocycles. The fraction of sp³-hybridized carbons (Fsp3) is 0.176. The zero-order chi connectivity index (χ0) is 17.6. The Kier molecular flexibility index (Phi) is 5.48. The molecule has 0 unspecified atom stereocenters. The first kappa shape index (κ1) is 17.2. The number of benzene rings is 1. The number of nitrogens with one attached hydrogen (secondary N) is 1. The van der Waals surface area contributed by atoms with Gasteiger partial charge in [0, 0.05) is 29.9 Å². The molecule has 0 spiro atoms. The average molecular weight is 370 g/mol.